The van der Waals surface area contributed by atoms with Crippen molar-refractivity contribution in [2.24, 2.45) is 0 Å². The molecule has 1 aliphatic heterocycles. The monoisotopic (exact) mass is 367 g/mol. The molecule has 0 N–H and O–H groups in total. The maximum absolute atomic E-state index is 12.8. The van der Waals surface area contributed by atoms with Gasteiger partial charge in [0.2, 0.25) is 5.91 Å². The van der Waals surface area contributed by atoms with Gasteiger partial charge in [-0.15, -0.1) is 0 Å². The quantitative estimate of drug-likeness (QED) is 0.753. The molecule has 0 aliphatic carbocycles. The van der Waals surface area contributed by atoms with Crippen LogP contribution >= 0.6 is 0 Å². The molecule has 5 nitrogen and oxygen atoms in total. The van der Waals surface area contributed by atoms with Crippen molar-refractivity contribution in [2.45, 2.75) is 19.4 Å². The molecule has 5 heteroatoms. The second kappa shape index (κ2) is 8.16. The molecule has 1 amide bonds. The Labute approximate surface area is 160 Å². The zero-order valence-electron chi connectivity index (χ0n) is 16.2. The highest BCUT2D eigenvalue weighted by atomic mass is 16.5. The van der Waals surface area contributed by atoms with Gasteiger partial charge in [-0.2, -0.15) is 0 Å². The maximum atomic E-state index is 12.8. The molecule has 2 aromatic rings. The predicted molar refractivity (Wildman–Crippen MR) is 105 cm³/mol. The van der Waals surface area contributed by atoms with E-state index in [4.69, 9.17) is 14.2 Å². The number of hydrogen-bond acceptors (Lipinski definition) is 4. The predicted octanol–water partition coefficient (Wildman–Crippen LogP) is 3.87. The summed E-state index contributed by atoms with van der Waals surface area (Å²) in [5.74, 6) is 2.17. The third-order valence-corrected chi connectivity index (χ3v) is 4.98. The number of amides is 1. The molecule has 2 aromatic carbocycles. The highest BCUT2D eigenvalue weighted by Crippen LogP contribution is 2.37. The Hall–Kier alpha value is -2.95. The number of hydrogen-bond donors (Lipinski definition) is 0. The summed E-state index contributed by atoms with van der Waals surface area (Å²) in [6.07, 6.45) is 4.23. The number of carbonyl (C=O) groups is 1. The van der Waals surface area contributed by atoms with Crippen molar-refractivity contribution >= 4 is 12.0 Å². The van der Waals surface area contributed by atoms with Crippen LogP contribution in [0.2, 0.25) is 0 Å². The summed E-state index contributed by atoms with van der Waals surface area (Å²) in [7, 11) is 4.89. The first-order chi connectivity index (χ1) is 13.1. The minimum Gasteiger partial charge on any atom is -0.497 e. The van der Waals surface area contributed by atoms with E-state index in [9.17, 15) is 4.79 Å². The zero-order valence-corrected chi connectivity index (χ0v) is 16.2. The van der Waals surface area contributed by atoms with Crippen LogP contribution in [0.4, 0.5) is 0 Å². The average molecular weight is 367 g/mol. The lowest BCUT2D eigenvalue weighted by Gasteiger charge is -2.35. The molecule has 1 atom stereocenters. The smallest absolute Gasteiger partial charge is 0.247 e. The summed E-state index contributed by atoms with van der Waals surface area (Å²) in [5, 5.41) is 0. The fourth-order valence-electron chi connectivity index (χ4n) is 3.45. The van der Waals surface area contributed by atoms with Gasteiger partial charge in [-0.25, -0.2) is 0 Å². The highest BCUT2D eigenvalue weighted by Gasteiger charge is 2.28. The summed E-state index contributed by atoms with van der Waals surface area (Å²) in [6.45, 7) is 2.71. The zero-order chi connectivity index (χ0) is 19.4. The number of ether oxygens (including phenoxy) is 3. The van der Waals surface area contributed by atoms with Crippen molar-refractivity contribution in [2.75, 3.05) is 27.9 Å². The molecular formula is C22H25NO4. The van der Waals surface area contributed by atoms with Gasteiger partial charge in [-0.05, 0) is 60.4 Å². The average Bonchev–Trinajstić information content (AvgIpc) is 2.71. The van der Waals surface area contributed by atoms with Crippen LogP contribution in [0.5, 0.6) is 17.2 Å². The Bertz CT molecular complexity index is 859. The van der Waals surface area contributed by atoms with E-state index < -0.39 is 0 Å². The first kappa shape index (κ1) is 18.8. The Kier molecular flexibility index (Phi) is 5.69. The van der Waals surface area contributed by atoms with Crippen molar-refractivity contribution in [3.63, 3.8) is 0 Å². The molecule has 0 fully saturated rings. The highest BCUT2D eigenvalue weighted by molar-refractivity contribution is 5.92. The number of methoxy groups -OCH3 is 3. The molecule has 0 bridgehead atoms. The van der Waals surface area contributed by atoms with Gasteiger partial charge in [0.05, 0.1) is 27.4 Å². The van der Waals surface area contributed by atoms with E-state index in [1.165, 1.54) is 5.56 Å². The van der Waals surface area contributed by atoms with Gasteiger partial charge in [-0.1, -0.05) is 12.1 Å². The summed E-state index contributed by atoms with van der Waals surface area (Å²) >= 11 is 0. The normalized spacial score (nSPS) is 16.1. The van der Waals surface area contributed by atoms with Gasteiger partial charge in [0, 0.05) is 12.6 Å². The van der Waals surface area contributed by atoms with E-state index in [1.54, 1.807) is 27.4 Å². The van der Waals surface area contributed by atoms with Gasteiger partial charge in [-0.3, -0.25) is 4.79 Å². The van der Waals surface area contributed by atoms with Crippen LogP contribution < -0.4 is 14.2 Å². The molecule has 1 aliphatic rings. The van der Waals surface area contributed by atoms with Crippen LogP contribution in [0.15, 0.2) is 42.5 Å². The Morgan fingerprint density at radius 3 is 2.52 bits per heavy atom. The number of nitrogens with zero attached hydrogens (tertiary/aromatic N) is 1. The summed E-state index contributed by atoms with van der Waals surface area (Å²) < 4.78 is 16.0. The standard InChI is InChI=1S/C22H25NO4/c1-15-19-14-21(27-4)20(26-3)13-17(19)10-11-23(15)22(24)9-8-16-6-5-7-18(12-16)25-2/h5-9,12-15H,10-11H2,1-4H3/b9-8+/t15-/m1/s1. The molecule has 1 heterocycles. The van der Waals surface area contributed by atoms with Crippen molar-refractivity contribution in [1.29, 1.82) is 0 Å². The molecule has 0 radical (unpaired) electrons. The van der Waals surface area contributed by atoms with E-state index in [0.29, 0.717) is 12.3 Å². The summed E-state index contributed by atoms with van der Waals surface area (Å²) in [6, 6.07) is 11.6. The minimum absolute atomic E-state index is 0.00856. The van der Waals surface area contributed by atoms with Crippen LogP contribution in [0.25, 0.3) is 6.08 Å². The molecule has 3 rings (SSSR count). The van der Waals surface area contributed by atoms with Gasteiger partial charge in [0.1, 0.15) is 5.75 Å². The lowest BCUT2D eigenvalue weighted by molar-refractivity contribution is -0.128. The van der Waals surface area contributed by atoms with Crippen LogP contribution in [0.1, 0.15) is 29.7 Å². The minimum atomic E-state index is -0.0315. The molecule has 0 saturated heterocycles. The van der Waals surface area contributed by atoms with Crippen LogP contribution in [-0.4, -0.2) is 38.7 Å². The van der Waals surface area contributed by atoms with E-state index >= 15 is 0 Å². The van der Waals surface area contributed by atoms with E-state index in [0.717, 1.165) is 29.0 Å². The number of benzene rings is 2. The third kappa shape index (κ3) is 3.92. The molecular weight excluding hydrogens is 342 g/mol. The van der Waals surface area contributed by atoms with Gasteiger partial charge >= 0.3 is 0 Å². The SMILES string of the molecule is COc1cccc(/C=C/C(=O)N2CCc3cc(OC)c(OC)cc3[C@H]2C)c1. The second-order valence-electron chi connectivity index (χ2n) is 6.47. The van der Waals surface area contributed by atoms with E-state index in [2.05, 4.69) is 0 Å². The molecule has 0 saturated carbocycles. The number of carbonyl (C=O) groups excluding carboxylic acids is 1. The number of rotatable bonds is 5. The van der Waals surface area contributed by atoms with Crippen molar-refractivity contribution in [3.8, 4) is 17.2 Å². The largest absolute Gasteiger partial charge is 0.497 e. The Balaban J connectivity index is 1.80. The topological polar surface area (TPSA) is 48.0 Å². The number of fused-ring (bicyclic) bond motifs is 1. The summed E-state index contributed by atoms with van der Waals surface area (Å²) in [4.78, 5) is 14.7. The molecule has 0 aromatic heterocycles. The Morgan fingerprint density at radius 1 is 1.07 bits per heavy atom. The fraction of sp³-hybridized carbons (Fsp3) is 0.318. The summed E-state index contributed by atoms with van der Waals surface area (Å²) in [5.41, 5.74) is 3.22. The second-order valence-corrected chi connectivity index (χ2v) is 6.47. The van der Waals surface area contributed by atoms with Gasteiger partial charge in [0.15, 0.2) is 11.5 Å². The van der Waals surface area contributed by atoms with Crippen molar-refractivity contribution in [3.05, 3.63) is 59.2 Å². The van der Waals surface area contributed by atoms with E-state index in [-0.39, 0.29) is 11.9 Å². The molecule has 0 spiro atoms. The fourth-order valence-corrected chi connectivity index (χ4v) is 3.45. The maximum Gasteiger partial charge on any atom is 0.247 e. The Morgan fingerprint density at radius 2 is 1.81 bits per heavy atom. The lowest BCUT2D eigenvalue weighted by Crippen LogP contribution is -2.37. The van der Waals surface area contributed by atoms with Crippen LogP contribution in [-0.2, 0) is 11.2 Å². The molecule has 27 heavy (non-hydrogen) atoms. The van der Waals surface area contributed by atoms with Crippen LogP contribution in [0, 0.1) is 0 Å². The lowest BCUT2D eigenvalue weighted by atomic mass is 9.92. The third-order valence-electron chi connectivity index (χ3n) is 4.98. The van der Waals surface area contributed by atoms with Crippen LogP contribution in [0.3, 0.4) is 0 Å². The first-order valence-corrected chi connectivity index (χ1v) is 8.95. The molecule has 142 valence electrons. The van der Waals surface area contributed by atoms with Crippen molar-refractivity contribution < 1.29 is 19.0 Å². The van der Waals surface area contributed by atoms with E-state index in [1.807, 2.05) is 54.3 Å². The van der Waals surface area contributed by atoms with Gasteiger partial charge in [0.25, 0.3) is 0 Å². The van der Waals surface area contributed by atoms with Crippen molar-refractivity contribution in [1.82, 2.24) is 4.90 Å². The molecule has 0 unspecified atom stereocenters. The first-order valence-electron chi connectivity index (χ1n) is 8.95. The van der Waals surface area contributed by atoms with Gasteiger partial charge < -0.3 is 19.1 Å².